The number of carbonyl (C=O) groups excluding carboxylic acids is 1. The number of ether oxygens (including phenoxy) is 1. The van der Waals surface area contributed by atoms with Gasteiger partial charge < -0.3 is 15.4 Å². The smallest absolute Gasteiger partial charge is 0.263 e. The molecule has 1 aromatic carbocycles. The molecule has 1 amide bonds. The summed E-state index contributed by atoms with van der Waals surface area (Å²) in [6.07, 6.45) is 1.50. The van der Waals surface area contributed by atoms with E-state index < -0.39 is 6.10 Å². The van der Waals surface area contributed by atoms with Gasteiger partial charge >= 0.3 is 0 Å². The van der Waals surface area contributed by atoms with Crippen LogP contribution in [0.5, 0.6) is 5.75 Å². The zero-order valence-electron chi connectivity index (χ0n) is 13.0. The van der Waals surface area contributed by atoms with Crippen LogP contribution in [-0.2, 0) is 4.79 Å². The molecule has 0 radical (unpaired) electrons. The van der Waals surface area contributed by atoms with Crippen LogP contribution in [0.2, 0.25) is 0 Å². The van der Waals surface area contributed by atoms with Crippen LogP contribution in [0.3, 0.4) is 0 Å². The highest BCUT2D eigenvalue weighted by Crippen LogP contribution is 2.27. The minimum Gasteiger partial charge on any atom is -0.480 e. The molecule has 0 aliphatic carbocycles. The molecule has 6 heteroatoms. The predicted octanol–water partition coefficient (Wildman–Crippen LogP) is 3.22. The van der Waals surface area contributed by atoms with Gasteiger partial charge in [0, 0.05) is 19.1 Å². The van der Waals surface area contributed by atoms with Crippen LogP contribution in [0.1, 0.15) is 26.7 Å². The number of benzene rings is 1. The number of para-hydroxylation sites is 1. The fourth-order valence-corrected chi connectivity index (χ4v) is 3.16. The molecule has 1 heterocycles. The van der Waals surface area contributed by atoms with Crippen LogP contribution in [0.15, 0.2) is 28.7 Å². The Morgan fingerprint density at radius 1 is 1.50 bits per heavy atom. The third-order valence-corrected chi connectivity index (χ3v) is 4.68. The van der Waals surface area contributed by atoms with E-state index in [4.69, 9.17) is 10.5 Å². The Hall–Kier alpha value is -0.780. The van der Waals surface area contributed by atoms with Gasteiger partial charge in [-0.05, 0) is 53.7 Å². The summed E-state index contributed by atoms with van der Waals surface area (Å²) in [5, 5.41) is 0. The number of hydrogen-bond donors (Lipinski definition) is 1. The number of rotatable bonds is 4. The Bertz CT molecular complexity index is 501. The van der Waals surface area contributed by atoms with E-state index in [0.717, 1.165) is 23.9 Å². The van der Waals surface area contributed by atoms with Gasteiger partial charge in [-0.25, -0.2) is 0 Å². The number of nitrogens with zero attached hydrogens (tertiary/aromatic N) is 1. The molecule has 0 spiro atoms. The second-order valence-corrected chi connectivity index (χ2v) is 6.60. The summed E-state index contributed by atoms with van der Waals surface area (Å²) in [7, 11) is 0. The zero-order valence-corrected chi connectivity index (χ0v) is 15.4. The average molecular weight is 392 g/mol. The summed E-state index contributed by atoms with van der Waals surface area (Å²) in [6.45, 7) is 5.29. The van der Waals surface area contributed by atoms with Gasteiger partial charge in [-0.3, -0.25) is 4.79 Å². The van der Waals surface area contributed by atoms with E-state index in [-0.39, 0.29) is 24.4 Å². The number of nitrogens with two attached hydrogens (primary N) is 1. The molecule has 1 saturated heterocycles. The maximum Gasteiger partial charge on any atom is 0.263 e. The second-order valence-electron chi connectivity index (χ2n) is 5.74. The largest absolute Gasteiger partial charge is 0.480 e. The molecule has 1 aliphatic rings. The van der Waals surface area contributed by atoms with Crippen molar-refractivity contribution in [3.63, 3.8) is 0 Å². The molecular weight excluding hydrogens is 368 g/mol. The van der Waals surface area contributed by atoms with Gasteiger partial charge in [-0.15, -0.1) is 12.4 Å². The lowest BCUT2D eigenvalue weighted by Crippen LogP contribution is -2.52. The van der Waals surface area contributed by atoms with Crippen LogP contribution < -0.4 is 10.5 Å². The van der Waals surface area contributed by atoms with Crippen molar-refractivity contribution in [2.24, 2.45) is 11.7 Å². The van der Waals surface area contributed by atoms with Crippen LogP contribution in [0.4, 0.5) is 0 Å². The first-order valence-corrected chi connectivity index (χ1v) is 8.24. The van der Waals surface area contributed by atoms with Gasteiger partial charge in [-0.2, -0.15) is 0 Å². The maximum absolute atomic E-state index is 12.6. The minimum atomic E-state index is -0.508. The first kappa shape index (κ1) is 19.3. The van der Waals surface area contributed by atoms with Crippen molar-refractivity contribution in [1.82, 2.24) is 4.90 Å². The van der Waals surface area contributed by atoms with Crippen molar-refractivity contribution < 1.29 is 9.53 Å². The van der Waals surface area contributed by atoms with Gasteiger partial charge in [-0.1, -0.05) is 19.1 Å². The van der Waals surface area contributed by atoms with E-state index in [0.29, 0.717) is 18.2 Å². The Kier molecular flexibility index (Phi) is 7.66. The molecule has 2 rings (SSSR count). The summed E-state index contributed by atoms with van der Waals surface area (Å²) in [6, 6.07) is 7.69. The number of piperidine rings is 1. The van der Waals surface area contributed by atoms with Crippen LogP contribution in [0.25, 0.3) is 0 Å². The lowest BCUT2D eigenvalue weighted by Gasteiger charge is -2.39. The van der Waals surface area contributed by atoms with E-state index in [1.165, 1.54) is 0 Å². The predicted molar refractivity (Wildman–Crippen MR) is 94.4 cm³/mol. The number of amides is 1. The maximum atomic E-state index is 12.6. The Balaban J connectivity index is 0.00000242. The van der Waals surface area contributed by atoms with Crippen molar-refractivity contribution in [2.75, 3.05) is 13.1 Å². The van der Waals surface area contributed by atoms with E-state index >= 15 is 0 Å². The lowest BCUT2D eigenvalue weighted by atomic mass is 9.92. The molecule has 0 bridgehead atoms. The first-order valence-electron chi connectivity index (χ1n) is 7.44. The molecule has 1 aliphatic heterocycles. The van der Waals surface area contributed by atoms with Crippen molar-refractivity contribution >= 4 is 34.2 Å². The number of hydrogen-bond acceptors (Lipinski definition) is 3. The van der Waals surface area contributed by atoms with E-state index in [2.05, 4.69) is 22.9 Å². The highest BCUT2D eigenvalue weighted by molar-refractivity contribution is 9.10. The SMILES string of the molecule is CC1CCN(C(=O)C(C)Oc2ccccc2Br)C(CN)C1.Cl. The Morgan fingerprint density at radius 3 is 2.82 bits per heavy atom. The summed E-state index contributed by atoms with van der Waals surface area (Å²) in [5.41, 5.74) is 5.83. The summed E-state index contributed by atoms with van der Waals surface area (Å²) in [4.78, 5) is 14.5. The molecule has 3 atom stereocenters. The minimum absolute atomic E-state index is 0. The molecule has 3 unspecified atom stereocenters. The summed E-state index contributed by atoms with van der Waals surface area (Å²) in [5.74, 6) is 1.34. The lowest BCUT2D eigenvalue weighted by molar-refractivity contribution is -0.142. The number of halogens is 2. The van der Waals surface area contributed by atoms with Gasteiger partial charge in [0.1, 0.15) is 5.75 Å². The fraction of sp³-hybridized carbons (Fsp3) is 0.562. The number of carbonyl (C=O) groups is 1. The topological polar surface area (TPSA) is 55.6 Å². The van der Waals surface area contributed by atoms with Crippen molar-refractivity contribution in [3.05, 3.63) is 28.7 Å². The Morgan fingerprint density at radius 2 is 2.18 bits per heavy atom. The van der Waals surface area contributed by atoms with E-state index in [9.17, 15) is 4.79 Å². The highest BCUT2D eigenvalue weighted by Gasteiger charge is 2.32. The van der Waals surface area contributed by atoms with Crippen LogP contribution in [-0.4, -0.2) is 36.0 Å². The second kappa shape index (κ2) is 8.75. The average Bonchev–Trinajstić information content (AvgIpc) is 2.48. The van der Waals surface area contributed by atoms with E-state index in [1.54, 1.807) is 6.92 Å². The molecule has 22 heavy (non-hydrogen) atoms. The highest BCUT2D eigenvalue weighted by atomic mass is 79.9. The van der Waals surface area contributed by atoms with Gasteiger partial charge in [0.25, 0.3) is 5.91 Å². The Labute approximate surface area is 146 Å². The van der Waals surface area contributed by atoms with Crippen molar-refractivity contribution in [1.29, 1.82) is 0 Å². The van der Waals surface area contributed by atoms with Gasteiger partial charge in [0.05, 0.1) is 4.47 Å². The third-order valence-electron chi connectivity index (χ3n) is 4.02. The van der Waals surface area contributed by atoms with Crippen molar-refractivity contribution in [3.8, 4) is 5.75 Å². The quantitative estimate of drug-likeness (QED) is 0.857. The molecule has 0 saturated carbocycles. The van der Waals surface area contributed by atoms with Crippen LogP contribution >= 0.6 is 28.3 Å². The summed E-state index contributed by atoms with van der Waals surface area (Å²) < 4.78 is 6.65. The fourth-order valence-electron chi connectivity index (χ4n) is 2.78. The molecule has 2 N–H and O–H groups in total. The van der Waals surface area contributed by atoms with Crippen LogP contribution in [0, 0.1) is 5.92 Å². The molecule has 1 fully saturated rings. The monoisotopic (exact) mass is 390 g/mol. The molecule has 0 aromatic heterocycles. The number of likely N-dealkylation sites (tertiary alicyclic amines) is 1. The first-order chi connectivity index (χ1) is 10.0. The van der Waals surface area contributed by atoms with Gasteiger partial charge in [0.15, 0.2) is 6.10 Å². The molecule has 4 nitrogen and oxygen atoms in total. The third kappa shape index (κ3) is 4.61. The van der Waals surface area contributed by atoms with Crippen molar-refractivity contribution in [2.45, 2.75) is 38.8 Å². The summed E-state index contributed by atoms with van der Waals surface area (Å²) >= 11 is 3.43. The molecule has 124 valence electrons. The normalized spacial score (nSPS) is 22.6. The molecular formula is C16H24BrClN2O2. The van der Waals surface area contributed by atoms with E-state index in [1.807, 2.05) is 29.2 Å². The standard InChI is InChI=1S/C16H23BrN2O2.ClH/c1-11-7-8-19(13(9-11)10-18)16(20)12(2)21-15-6-4-3-5-14(15)17;/h3-6,11-13H,7-10,18H2,1-2H3;1H. The zero-order chi connectivity index (χ0) is 15.4. The molecule has 1 aromatic rings. The van der Waals surface area contributed by atoms with Gasteiger partial charge in [0.2, 0.25) is 0 Å².